The van der Waals surface area contributed by atoms with E-state index >= 15 is 0 Å². The lowest BCUT2D eigenvalue weighted by Gasteiger charge is -2.19. The molecule has 0 unspecified atom stereocenters. The average molecular weight is 179 g/mol. The van der Waals surface area contributed by atoms with Crippen LogP contribution in [0.1, 0.15) is 39.0 Å². The van der Waals surface area contributed by atoms with E-state index in [0.29, 0.717) is 12.1 Å². The van der Waals surface area contributed by atoms with Gasteiger partial charge in [-0.2, -0.15) is 0 Å². The third-order valence-corrected chi connectivity index (χ3v) is 3.20. The van der Waals surface area contributed by atoms with Crippen LogP contribution in [0.15, 0.2) is 12.2 Å². The van der Waals surface area contributed by atoms with E-state index in [4.69, 9.17) is 0 Å². The van der Waals surface area contributed by atoms with Gasteiger partial charge in [0.25, 0.3) is 0 Å². The fourth-order valence-corrected chi connectivity index (χ4v) is 2.58. The van der Waals surface area contributed by atoms with Crippen molar-refractivity contribution in [3.8, 4) is 0 Å². The normalized spacial score (nSPS) is 31.9. The number of fused-ring (bicyclic) bond motifs is 2. The average Bonchev–Trinajstić information content (AvgIpc) is 2.73. The van der Waals surface area contributed by atoms with Gasteiger partial charge in [0, 0.05) is 12.1 Å². The van der Waals surface area contributed by atoms with Crippen LogP contribution in [0.25, 0.3) is 0 Å². The van der Waals surface area contributed by atoms with E-state index in [9.17, 15) is 4.79 Å². The lowest BCUT2D eigenvalue weighted by Crippen LogP contribution is -2.33. The Morgan fingerprint density at radius 1 is 1.31 bits per heavy atom. The van der Waals surface area contributed by atoms with Gasteiger partial charge in [0.1, 0.15) is 0 Å². The number of nitrogens with zero attached hydrogens (tertiary/aromatic N) is 1. The van der Waals surface area contributed by atoms with Crippen LogP contribution >= 0.6 is 0 Å². The molecular formula is C11H17NO. The molecule has 0 saturated carbocycles. The molecule has 2 aliphatic rings. The van der Waals surface area contributed by atoms with Crippen molar-refractivity contribution in [3.05, 3.63) is 12.2 Å². The third-order valence-electron chi connectivity index (χ3n) is 3.20. The van der Waals surface area contributed by atoms with Crippen molar-refractivity contribution in [1.82, 2.24) is 4.90 Å². The molecule has 2 nitrogen and oxygen atoms in total. The monoisotopic (exact) mass is 179 g/mol. The molecule has 2 aliphatic heterocycles. The Bertz CT molecular complexity index is 214. The zero-order valence-corrected chi connectivity index (χ0v) is 8.20. The molecule has 2 saturated heterocycles. The van der Waals surface area contributed by atoms with Crippen molar-refractivity contribution in [1.29, 1.82) is 0 Å². The molecule has 13 heavy (non-hydrogen) atoms. The summed E-state index contributed by atoms with van der Waals surface area (Å²) < 4.78 is 0. The van der Waals surface area contributed by atoms with E-state index < -0.39 is 0 Å². The summed E-state index contributed by atoms with van der Waals surface area (Å²) in [7, 11) is 0. The number of rotatable bonds is 2. The molecule has 2 rings (SSSR count). The molecule has 0 aromatic rings. The van der Waals surface area contributed by atoms with Crippen LogP contribution < -0.4 is 0 Å². The first kappa shape index (κ1) is 8.79. The highest BCUT2D eigenvalue weighted by molar-refractivity contribution is 5.88. The number of allylic oxidation sites excluding steroid dienone is 1. The lowest BCUT2D eigenvalue weighted by molar-refractivity contribution is -0.127. The summed E-state index contributed by atoms with van der Waals surface area (Å²) in [6, 6.07) is 1.14. The summed E-state index contributed by atoms with van der Waals surface area (Å²) in [4.78, 5) is 13.8. The van der Waals surface area contributed by atoms with Crippen molar-refractivity contribution in [3.63, 3.8) is 0 Å². The molecule has 0 spiro atoms. The van der Waals surface area contributed by atoms with E-state index in [-0.39, 0.29) is 5.91 Å². The molecule has 0 N–H and O–H groups in total. The van der Waals surface area contributed by atoms with Crippen LogP contribution in [-0.4, -0.2) is 22.9 Å². The Labute approximate surface area is 79.6 Å². The number of hydrogen-bond donors (Lipinski definition) is 0. The van der Waals surface area contributed by atoms with Crippen LogP contribution in [0.3, 0.4) is 0 Å². The summed E-state index contributed by atoms with van der Waals surface area (Å²) >= 11 is 0. The number of hydrogen-bond acceptors (Lipinski definition) is 1. The van der Waals surface area contributed by atoms with Crippen molar-refractivity contribution < 1.29 is 4.79 Å². The molecule has 72 valence electrons. The van der Waals surface area contributed by atoms with Gasteiger partial charge in [-0.3, -0.25) is 4.79 Å². The molecule has 2 heteroatoms. The minimum atomic E-state index is 0.242. The van der Waals surface area contributed by atoms with E-state index in [0.717, 1.165) is 6.42 Å². The molecule has 2 bridgehead atoms. The highest BCUT2D eigenvalue weighted by Gasteiger charge is 2.41. The number of carbonyl (C=O) groups excluding carboxylic acids is 1. The largest absolute Gasteiger partial charge is 0.333 e. The van der Waals surface area contributed by atoms with Gasteiger partial charge in [0.15, 0.2) is 0 Å². The summed E-state index contributed by atoms with van der Waals surface area (Å²) in [6.45, 7) is 2.06. The second-order valence-corrected chi connectivity index (χ2v) is 4.02. The number of amides is 1. The second kappa shape index (κ2) is 3.52. The minimum absolute atomic E-state index is 0.242. The summed E-state index contributed by atoms with van der Waals surface area (Å²) in [5.41, 5.74) is 0. The van der Waals surface area contributed by atoms with Crippen molar-refractivity contribution in [2.45, 2.75) is 51.1 Å². The SMILES string of the molecule is CC/C=C/C(=O)N1C2CCC1CC2. The molecule has 2 heterocycles. The molecule has 0 aliphatic carbocycles. The zero-order chi connectivity index (χ0) is 9.26. The van der Waals surface area contributed by atoms with Gasteiger partial charge < -0.3 is 4.90 Å². The molecular weight excluding hydrogens is 162 g/mol. The molecule has 0 atom stereocenters. The van der Waals surface area contributed by atoms with Crippen LogP contribution in [0.5, 0.6) is 0 Å². The van der Waals surface area contributed by atoms with Crippen LogP contribution in [0.4, 0.5) is 0 Å². The Balaban J connectivity index is 2.01. The molecule has 2 fully saturated rings. The first-order valence-corrected chi connectivity index (χ1v) is 5.31. The highest BCUT2D eigenvalue weighted by atomic mass is 16.2. The molecule has 0 aromatic heterocycles. The molecule has 1 amide bonds. The quantitative estimate of drug-likeness (QED) is 0.594. The van der Waals surface area contributed by atoms with Crippen molar-refractivity contribution in [2.24, 2.45) is 0 Å². The fraction of sp³-hybridized carbons (Fsp3) is 0.727. The van der Waals surface area contributed by atoms with Gasteiger partial charge in [-0.25, -0.2) is 0 Å². The maximum atomic E-state index is 11.7. The van der Waals surface area contributed by atoms with Gasteiger partial charge in [-0.05, 0) is 38.2 Å². The predicted molar refractivity (Wildman–Crippen MR) is 52.3 cm³/mol. The van der Waals surface area contributed by atoms with E-state index in [1.807, 2.05) is 6.08 Å². The van der Waals surface area contributed by atoms with Gasteiger partial charge in [0.05, 0.1) is 0 Å². The Kier molecular flexibility index (Phi) is 2.38. The molecule has 0 radical (unpaired) electrons. The standard InChI is InChI=1S/C11H17NO/c1-2-3-4-11(13)12-9-5-6-10(12)8-7-9/h3-4,9-10H,2,5-8H2,1H3/b4-3+. The third kappa shape index (κ3) is 1.50. The summed E-state index contributed by atoms with van der Waals surface area (Å²) in [5, 5.41) is 0. The Morgan fingerprint density at radius 3 is 2.31 bits per heavy atom. The van der Waals surface area contributed by atoms with E-state index in [1.54, 1.807) is 6.08 Å². The van der Waals surface area contributed by atoms with Gasteiger partial charge >= 0.3 is 0 Å². The first-order chi connectivity index (χ1) is 6.33. The van der Waals surface area contributed by atoms with Gasteiger partial charge in [-0.1, -0.05) is 13.0 Å². The predicted octanol–water partition coefficient (Wildman–Crippen LogP) is 2.11. The van der Waals surface area contributed by atoms with Gasteiger partial charge in [-0.15, -0.1) is 0 Å². The zero-order valence-electron chi connectivity index (χ0n) is 8.20. The smallest absolute Gasteiger partial charge is 0.246 e. The van der Waals surface area contributed by atoms with Crippen LogP contribution in [0.2, 0.25) is 0 Å². The lowest BCUT2D eigenvalue weighted by atomic mass is 10.0. The van der Waals surface area contributed by atoms with E-state index in [2.05, 4.69) is 11.8 Å². The molecule has 0 aromatic carbocycles. The number of carbonyl (C=O) groups is 1. The second-order valence-electron chi connectivity index (χ2n) is 4.02. The highest BCUT2D eigenvalue weighted by Crippen LogP contribution is 2.37. The summed E-state index contributed by atoms with van der Waals surface area (Å²) in [5.74, 6) is 0.242. The maximum Gasteiger partial charge on any atom is 0.246 e. The fourth-order valence-electron chi connectivity index (χ4n) is 2.58. The Hall–Kier alpha value is -0.790. The Morgan fingerprint density at radius 2 is 1.85 bits per heavy atom. The minimum Gasteiger partial charge on any atom is -0.333 e. The van der Waals surface area contributed by atoms with Crippen LogP contribution in [-0.2, 0) is 4.79 Å². The van der Waals surface area contributed by atoms with Crippen molar-refractivity contribution >= 4 is 5.91 Å². The van der Waals surface area contributed by atoms with E-state index in [1.165, 1.54) is 25.7 Å². The van der Waals surface area contributed by atoms with Crippen LogP contribution in [0, 0.1) is 0 Å². The summed E-state index contributed by atoms with van der Waals surface area (Å²) in [6.07, 6.45) is 9.59. The topological polar surface area (TPSA) is 20.3 Å². The van der Waals surface area contributed by atoms with Crippen molar-refractivity contribution in [2.75, 3.05) is 0 Å². The first-order valence-electron chi connectivity index (χ1n) is 5.31. The maximum absolute atomic E-state index is 11.7. The van der Waals surface area contributed by atoms with Gasteiger partial charge in [0.2, 0.25) is 5.91 Å².